The lowest BCUT2D eigenvalue weighted by molar-refractivity contribution is 0.255. The predicted molar refractivity (Wildman–Crippen MR) is 148 cm³/mol. The number of hydrogen-bond donors (Lipinski definition) is 2. The Morgan fingerprint density at radius 2 is 1.91 bits per heavy atom. The molecule has 3 rings (SSSR count). The zero-order chi connectivity index (χ0) is 23.0. The van der Waals surface area contributed by atoms with Crippen molar-refractivity contribution in [2.45, 2.75) is 53.0 Å². The molecule has 2 heterocycles. The van der Waals surface area contributed by atoms with E-state index >= 15 is 0 Å². The van der Waals surface area contributed by atoms with Crippen molar-refractivity contribution in [3.8, 4) is 0 Å². The minimum Gasteiger partial charge on any atom is -0.443 e. The fraction of sp³-hybridized carbons (Fsp3) is 0.600. The molecule has 0 amide bonds. The number of nitrogens with zero attached hydrogens (tertiary/aromatic N) is 4. The van der Waals surface area contributed by atoms with Crippen LogP contribution in [0.15, 0.2) is 39.9 Å². The van der Waals surface area contributed by atoms with Crippen LogP contribution >= 0.6 is 24.0 Å². The highest BCUT2D eigenvalue weighted by Crippen LogP contribution is 2.22. The van der Waals surface area contributed by atoms with E-state index in [0.29, 0.717) is 12.4 Å². The lowest BCUT2D eigenvalue weighted by Gasteiger charge is -2.36. The van der Waals surface area contributed by atoms with Crippen molar-refractivity contribution in [2.24, 2.45) is 4.99 Å². The van der Waals surface area contributed by atoms with E-state index in [9.17, 15) is 0 Å². The first-order chi connectivity index (χ1) is 15.3. The van der Waals surface area contributed by atoms with Crippen molar-refractivity contribution in [3.63, 3.8) is 0 Å². The molecule has 0 radical (unpaired) electrons. The van der Waals surface area contributed by atoms with Crippen molar-refractivity contribution in [1.29, 1.82) is 0 Å². The van der Waals surface area contributed by atoms with Crippen LogP contribution in [-0.4, -0.2) is 61.7 Å². The van der Waals surface area contributed by atoms with Crippen LogP contribution in [0, 0.1) is 6.92 Å². The van der Waals surface area contributed by atoms with Crippen LogP contribution in [0.3, 0.4) is 0 Å². The average Bonchev–Trinajstić information content (AvgIpc) is 3.25. The summed E-state index contributed by atoms with van der Waals surface area (Å²) in [7, 11) is 0. The number of guanidine groups is 1. The molecule has 2 N–H and O–H groups in total. The van der Waals surface area contributed by atoms with Gasteiger partial charge in [-0.1, -0.05) is 32.9 Å². The molecule has 0 spiro atoms. The van der Waals surface area contributed by atoms with E-state index in [1.165, 1.54) is 11.3 Å². The zero-order valence-electron chi connectivity index (χ0n) is 20.9. The lowest BCUT2D eigenvalue weighted by Crippen LogP contribution is -2.47. The normalized spacial score (nSPS) is 15.3. The summed E-state index contributed by atoms with van der Waals surface area (Å²) in [6, 6.07) is 8.81. The van der Waals surface area contributed by atoms with Crippen molar-refractivity contribution in [1.82, 2.24) is 20.5 Å². The Morgan fingerprint density at radius 1 is 1.15 bits per heavy atom. The number of rotatable bonds is 8. The maximum absolute atomic E-state index is 5.84. The first-order valence-electron chi connectivity index (χ1n) is 11.9. The summed E-state index contributed by atoms with van der Waals surface area (Å²) in [5.41, 5.74) is 2.63. The zero-order valence-corrected chi connectivity index (χ0v) is 23.2. The summed E-state index contributed by atoms with van der Waals surface area (Å²) < 4.78 is 5.84. The van der Waals surface area contributed by atoms with E-state index in [0.717, 1.165) is 64.0 Å². The molecule has 0 bridgehead atoms. The second kappa shape index (κ2) is 13.2. The molecule has 0 saturated carbocycles. The average molecular weight is 569 g/mol. The number of benzene rings is 1. The monoisotopic (exact) mass is 568 g/mol. The second-order valence-corrected chi connectivity index (χ2v) is 9.51. The predicted octanol–water partition coefficient (Wildman–Crippen LogP) is 4.17. The summed E-state index contributed by atoms with van der Waals surface area (Å²) in [4.78, 5) is 14.0. The molecule has 7 nitrogen and oxygen atoms in total. The number of hydrogen-bond acceptors (Lipinski definition) is 5. The Kier molecular flexibility index (Phi) is 11.0. The third kappa shape index (κ3) is 8.81. The summed E-state index contributed by atoms with van der Waals surface area (Å²) in [6.07, 6.45) is 2.89. The number of halogens is 1. The fourth-order valence-corrected chi connectivity index (χ4v) is 3.78. The summed E-state index contributed by atoms with van der Waals surface area (Å²) in [5.74, 6) is 2.36. The molecule has 1 fully saturated rings. The van der Waals surface area contributed by atoms with E-state index in [-0.39, 0.29) is 29.4 Å². The number of aliphatic imine (C=N–C) groups is 1. The number of aromatic nitrogens is 1. The molecule has 2 aromatic rings. The molecular formula is C25H41IN6O. The van der Waals surface area contributed by atoms with Crippen LogP contribution in [0.4, 0.5) is 5.69 Å². The molecule has 1 aliphatic rings. The molecule has 184 valence electrons. The largest absolute Gasteiger partial charge is 0.443 e. The maximum atomic E-state index is 5.84. The van der Waals surface area contributed by atoms with Gasteiger partial charge in [-0.05, 0) is 44.5 Å². The highest BCUT2D eigenvalue weighted by atomic mass is 127. The molecule has 1 aromatic heterocycles. The van der Waals surface area contributed by atoms with Crippen LogP contribution in [0.1, 0.15) is 51.3 Å². The van der Waals surface area contributed by atoms with Gasteiger partial charge in [-0.25, -0.2) is 9.98 Å². The van der Waals surface area contributed by atoms with Crippen molar-refractivity contribution < 1.29 is 4.42 Å². The Hall–Kier alpha value is -1.81. The topological polar surface area (TPSA) is 68.9 Å². The van der Waals surface area contributed by atoms with Crippen molar-refractivity contribution in [2.75, 3.05) is 50.7 Å². The highest BCUT2D eigenvalue weighted by molar-refractivity contribution is 14.0. The molecule has 1 aliphatic heterocycles. The number of aryl methyl sites for hydroxylation is 1. The molecule has 1 saturated heterocycles. The van der Waals surface area contributed by atoms with Gasteiger partial charge in [0.15, 0.2) is 5.96 Å². The first kappa shape index (κ1) is 27.4. The molecular weight excluding hydrogens is 527 g/mol. The molecule has 1 aromatic carbocycles. The molecule has 0 atom stereocenters. The maximum Gasteiger partial charge on any atom is 0.216 e. The summed E-state index contributed by atoms with van der Waals surface area (Å²) >= 11 is 0. The van der Waals surface area contributed by atoms with Crippen LogP contribution in [0.25, 0.3) is 0 Å². The SMILES string of the molecule is CCNC(=NCc1ncc(C(C)(C)C)o1)NCCCN1CCN(c2cccc(C)c2)CC1.I. The number of anilines is 1. The van der Waals surface area contributed by atoms with Gasteiger partial charge in [-0.15, -0.1) is 24.0 Å². The van der Waals surface area contributed by atoms with Crippen LogP contribution in [0.5, 0.6) is 0 Å². The summed E-state index contributed by atoms with van der Waals surface area (Å²) in [5, 5.41) is 6.75. The van der Waals surface area contributed by atoms with Gasteiger partial charge in [0.1, 0.15) is 12.3 Å². The van der Waals surface area contributed by atoms with Crippen molar-refractivity contribution in [3.05, 3.63) is 47.7 Å². The smallest absolute Gasteiger partial charge is 0.216 e. The van der Waals surface area contributed by atoms with Gasteiger partial charge in [0.2, 0.25) is 5.89 Å². The van der Waals surface area contributed by atoms with E-state index in [1.807, 2.05) is 6.20 Å². The van der Waals surface area contributed by atoms with Gasteiger partial charge in [0, 0.05) is 50.4 Å². The van der Waals surface area contributed by atoms with E-state index in [4.69, 9.17) is 4.42 Å². The van der Waals surface area contributed by atoms with Crippen LogP contribution in [0.2, 0.25) is 0 Å². The molecule has 8 heteroatoms. The minimum atomic E-state index is -0.0385. The first-order valence-corrected chi connectivity index (χ1v) is 11.9. The minimum absolute atomic E-state index is 0. The van der Waals surface area contributed by atoms with Crippen LogP contribution < -0.4 is 15.5 Å². The second-order valence-electron chi connectivity index (χ2n) is 9.51. The van der Waals surface area contributed by atoms with Gasteiger partial charge < -0.3 is 20.0 Å². The van der Waals surface area contributed by atoms with Gasteiger partial charge in [-0.3, -0.25) is 4.90 Å². The Morgan fingerprint density at radius 3 is 2.55 bits per heavy atom. The lowest BCUT2D eigenvalue weighted by atomic mass is 9.94. The van der Waals surface area contributed by atoms with Crippen LogP contribution in [-0.2, 0) is 12.0 Å². The van der Waals surface area contributed by atoms with Gasteiger partial charge in [-0.2, -0.15) is 0 Å². The van der Waals surface area contributed by atoms with Crippen molar-refractivity contribution >= 4 is 35.6 Å². The third-order valence-electron chi connectivity index (χ3n) is 5.69. The fourth-order valence-electron chi connectivity index (χ4n) is 3.78. The Balaban J connectivity index is 0.00000385. The van der Waals surface area contributed by atoms with Gasteiger partial charge in [0.25, 0.3) is 0 Å². The van der Waals surface area contributed by atoms with E-state index < -0.39 is 0 Å². The molecule has 0 unspecified atom stereocenters. The third-order valence-corrected chi connectivity index (χ3v) is 5.69. The number of oxazole rings is 1. The Labute approximate surface area is 216 Å². The Bertz CT molecular complexity index is 868. The summed E-state index contributed by atoms with van der Waals surface area (Å²) in [6.45, 7) is 18.3. The van der Waals surface area contributed by atoms with Gasteiger partial charge >= 0.3 is 0 Å². The molecule has 0 aliphatic carbocycles. The standard InChI is InChI=1S/C25H40N6O.HI/c1-6-26-24(29-19-23-28-18-22(32-23)25(3,4)5)27-11-8-12-30-13-15-31(16-14-30)21-10-7-9-20(2)17-21;/h7,9-10,17-18H,6,8,11-16,19H2,1-5H3,(H2,26,27,29);1H. The van der Waals surface area contributed by atoms with E-state index in [2.05, 4.69) is 89.3 Å². The van der Waals surface area contributed by atoms with Gasteiger partial charge in [0.05, 0.1) is 6.20 Å². The quantitative estimate of drug-likeness (QED) is 0.216. The number of piperazine rings is 1. The number of nitrogens with one attached hydrogen (secondary N) is 2. The molecule has 33 heavy (non-hydrogen) atoms. The van der Waals surface area contributed by atoms with E-state index in [1.54, 1.807) is 0 Å². The highest BCUT2D eigenvalue weighted by Gasteiger charge is 2.19.